The van der Waals surface area contributed by atoms with Crippen molar-refractivity contribution in [3.05, 3.63) is 55.7 Å². The smallest absolute Gasteiger partial charge is 0.260 e. The van der Waals surface area contributed by atoms with E-state index in [1.165, 1.54) is 4.90 Å². The average Bonchev–Trinajstić information content (AvgIpc) is 2.82. The van der Waals surface area contributed by atoms with Gasteiger partial charge in [-0.25, -0.2) is 8.78 Å². The highest BCUT2D eigenvalue weighted by Gasteiger charge is 2.25. The van der Waals surface area contributed by atoms with E-state index in [1.54, 1.807) is 18.4 Å². The fraction of sp³-hybridized carbons (Fsp3) is 0.267. The van der Waals surface area contributed by atoms with E-state index in [1.807, 2.05) is 26.0 Å². The second-order valence-corrected chi connectivity index (χ2v) is 7.02. The maximum absolute atomic E-state index is 13.9. The predicted molar refractivity (Wildman–Crippen MR) is 83.6 cm³/mol. The van der Waals surface area contributed by atoms with Gasteiger partial charge in [0.2, 0.25) is 0 Å². The molecule has 1 heterocycles. The van der Waals surface area contributed by atoms with Gasteiger partial charge in [0.1, 0.15) is 17.2 Å². The van der Waals surface area contributed by atoms with Gasteiger partial charge in [0.05, 0.1) is 6.04 Å². The molecule has 0 aliphatic heterocycles. The number of carbonyl (C=O) groups is 1. The number of carbonyl (C=O) groups excluding carboxylic acids is 1. The van der Waals surface area contributed by atoms with Crippen LogP contribution in [0.2, 0.25) is 0 Å². The predicted octanol–water partition coefficient (Wildman–Crippen LogP) is 4.93. The van der Waals surface area contributed by atoms with Gasteiger partial charge in [-0.2, -0.15) is 0 Å². The molecule has 2 aromatic rings. The number of nitrogens with zero attached hydrogens (tertiary/aromatic N) is 1. The van der Waals surface area contributed by atoms with E-state index in [9.17, 15) is 13.6 Å². The zero-order valence-corrected chi connectivity index (χ0v) is 14.2. The Morgan fingerprint density at radius 2 is 1.86 bits per heavy atom. The number of hydrogen-bond donors (Lipinski definition) is 0. The lowest BCUT2D eigenvalue weighted by atomic mass is 10.1. The van der Waals surface area contributed by atoms with Crippen LogP contribution >= 0.6 is 27.3 Å². The Bertz CT molecular complexity index is 663. The second-order valence-electron chi connectivity index (χ2n) is 4.78. The first-order valence-corrected chi connectivity index (χ1v) is 7.90. The van der Waals surface area contributed by atoms with Crippen molar-refractivity contribution in [2.75, 3.05) is 7.05 Å². The largest absolute Gasteiger partial charge is 0.334 e. The van der Waals surface area contributed by atoms with Crippen LogP contribution in [0, 0.1) is 18.6 Å². The molecule has 0 radical (unpaired) electrons. The van der Waals surface area contributed by atoms with Crippen LogP contribution in [-0.2, 0) is 0 Å². The van der Waals surface area contributed by atoms with Gasteiger partial charge in [-0.1, -0.05) is 15.9 Å². The molecular formula is C15H14BrF2NOS. The van der Waals surface area contributed by atoms with Crippen molar-refractivity contribution in [2.24, 2.45) is 0 Å². The molecule has 0 aliphatic carbocycles. The number of aryl methyl sites for hydroxylation is 1. The van der Waals surface area contributed by atoms with Crippen molar-refractivity contribution in [1.82, 2.24) is 4.90 Å². The van der Waals surface area contributed by atoms with E-state index < -0.39 is 23.1 Å². The van der Waals surface area contributed by atoms with E-state index in [4.69, 9.17) is 0 Å². The van der Waals surface area contributed by atoms with E-state index in [0.29, 0.717) is 0 Å². The summed E-state index contributed by atoms with van der Waals surface area (Å²) in [6, 6.07) is 5.80. The Morgan fingerprint density at radius 3 is 2.33 bits per heavy atom. The molecule has 1 aromatic carbocycles. The molecule has 1 amide bonds. The molecule has 0 saturated carbocycles. The van der Waals surface area contributed by atoms with Crippen LogP contribution in [0.15, 0.2) is 28.7 Å². The second kappa shape index (κ2) is 6.23. The minimum absolute atomic E-state index is 0.251. The van der Waals surface area contributed by atoms with Gasteiger partial charge in [0.15, 0.2) is 0 Å². The fourth-order valence-corrected chi connectivity index (χ4v) is 3.34. The average molecular weight is 374 g/mol. The fourth-order valence-electron chi connectivity index (χ4n) is 1.97. The molecule has 2 rings (SSSR count). The maximum atomic E-state index is 13.9. The number of rotatable bonds is 3. The summed E-state index contributed by atoms with van der Waals surface area (Å²) in [5.41, 5.74) is -0.527. The summed E-state index contributed by atoms with van der Waals surface area (Å²) in [5, 5.41) is 0. The van der Waals surface area contributed by atoms with Crippen molar-refractivity contribution < 1.29 is 13.6 Å². The Balaban J connectivity index is 2.31. The van der Waals surface area contributed by atoms with Gasteiger partial charge in [0.25, 0.3) is 5.91 Å². The molecule has 0 spiro atoms. The van der Waals surface area contributed by atoms with Gasteiger partial charge in [-0.15, -0.1) is 11.3 Å². The molecule has 1 unspecified atom stereocenters. The lowest BCUT2D eigenvalue weighted by Gasteiger charge is -2.24. The molecule has 6 heteroatoms. The Hall–Kier alpha value is -1.27. The minimum Gasteiger partial charge on any atom is -0.334 e. The summed E-state index contributed by atoms with van der Waals surface area (Å²) in [6.45, 7) is 3.80. The lowest BCUT2D eigenvalue weighted by Crippen LogP contribution is -2.30. The lowest BCUT2D eigenvalue weighted by molar-refractivity contribution is 0.0735. The van der Waals surface area contributed by atoms with Crippen LogP contribution < -0.4 is 0 Å². The first-order valence-electron chi connectivity index (χ1n) is 6.29. The number of amides is 1. The molecule has 0 bridgehead atoms. The standard InChI is InChI=1S/C15H14BrF2NOS/c1-8-4-5-13(21-8)9(2)19(3)15(20)14-11(17)6-10(16)7-12(14)18/h4-7,9H,1-3H3. The van der Waals surface area contributed by atoms with E-state index in [0.717, 1.165) is 21.9 Å². The molecule has 0 N–H and O–H groups in total. The monoisotopic (exact) mass is 373 g/mol. The zero-order chi connectivity index (χ0) is 15.7. The normalized spacial score (nSPS) is 12.3. The van der Waals surface area contributed by atoms with E-state index >= 15 is 0 Å². The van der Waals surface area contributed by atoms with Crippen LogP contribution in [0.5, 0.6) is 0 Å². The summed E-state index contributed by atoms with van der Waals surface area (Å²) in [5.74, 6) is -2.40. The van der Waals surface area contributed by atoms with Gasteiger partial charge in [-0.05, 0) is 38.1 Å². The van der Waals surface area contributed by atoms with Gasteiger partial charge >= 0.3 is 0 Å². The number of thiophene rings is 1. The minimum atomic E-state index is -0.867. The quantitative estimate of drug-likeness (QED) is 0.746. The summed E-state index contributed by atoms with van der Waals surface area (Å²) >= 11 is 4.56. The first-order chi connectivity index (χ1) is 9.81. The van der Waals surface area contributed by atoms with Gasteiger partial charge in [0, 0.05) is 21.3 Å². The zero-order valence-electron chi connectivity index (χ0n) is 11.8. The highest BCUT2D eigenvalue weighted by molar-refractivity contribution is 9.10. The highest BCUT2D eigenvalue weighted by atomic mass is 79.9. The van der Waals surface area contributed by atoms with Crippen LogP contribution in [0.4, 0.5) is 8.78 Å². The molecule has 2 nitrogen and oxygen atoms in total. The summed E-state index contributed by atoms with van der Waals surface area (Å²) < 4.78 is 28.0. The molecule has 21 heavy (non-hydrogen) atoms. The van der Waals surface area contributed by atoms with E-state index in [-0.39, 0.29) is 10.5 Å². The third kappa shape index (κ3) is 3.32. The Kier molecular flexibility index (Phi) is 4.78. The van der Waals surface area contributed by atoms with Crippen LogP contribution in [0.25, 0.3) is 0 Å². The number of benzene rings is 1. The molecule has 112 valence electrons. The summed E-state index contributed by atoms with van der Waals surface area (Å²) in [7, 11) is 1.54. The Labute approximate surface area is 134 Å². The van der Waals surface area contributed by atoms with Crippen LogP contribution in [0.1, 0.15) is 33.1 Å². The molecule has 0 aliphatic rings. The van der Waals surface area contributed by atoms with Crippen molar-refractivity contribution in [3.63, 3.8) is 0 Å². The molecule has 0 fully saturated rings. The SMILES string of the molecule is Cc1ccc(C(C)N(C)C(=O)c2c(F)cc(Br)cc2F)s1. The van der Waals surface area contributed by atoms with Crippen molar-refractivity contribution >= 4 is 33.2 Å². The van der Waals surface area contributed by atoms with Crippen LogP contribution in [-0.4, -0.2) is 17.9 Å². The molecule has 0 saturated heterocycles. The van der Waals surface area contributed by atoms with Crippen molar-refractivity contribution in [1.29, 1.82) is 0 Å². The maximum Gasteiger partial charge on any atom is 0.260 e. The number of hydrogen-bond acceptors (Lipinski definition) is 2. The number of halogens is 3. The topological polar surface area (TPSA) is 20.3 Å². The van der Waals surface area contributed by atoms with Gasteiger partial charge in [-0.3, -0.25) is 4.79 Å². The van der Waals surface area contributed by atoms with Crippen LogP contribution in [0.3, 0.4) is 0 Å². The van der Waals surface area contributed by atoms with E-state index in [2.05, 4.69) is 15.9 Å². The van der Waals surface area contributed by atoms with Crippen molar-refractivity contribution in [3.8, 4) is 0 Å². The first kappa shape index (κ1) is 16.1. The third-order valence-corrected chi connectivity index (χ3v) is 4.92. The van der Waals surface area contributed by atoms with Gasteiger partial charge < -0.3 is 4.90 Å². The molecular weight excluding hydrogens is 360 g/mol. The molecule has 1 aromatic heterocycles. The van der Waals surface area contributed by atoms with Crippen molar-refractivity contribution in [2.45, 2.75) is 19.9 Å². The third-order valence-electron chi connectivity index (χ3n) is 3.29. The highest BCUT2D eigenvalue weighted by Crippen LogP contribution is 2.29. The Morgan fingerprint density at radius 1 is 1.29 bits per heavy atom. The summed E-state index contributed by atoms with van der Waals surface area (Å²) in [6.07, 6.45) is 0. The summed E-state index contributed by atoms with van der Waals surface area (Å²) in [4.78, 5) is 15.8. The molecule has 1 atom stereocenters.